The summed E-state index contributed by atoms with van der Waals surface area (Å²) in [5.41, 5.74) is 5.47. The molecule has 0 amide bonds. The maximum Gasteiger partial charge on any atom is -0.00773 e. The van der Waals surface area contributed by atoms with Gasteiger partial charge in [-0.1, -0.05) is 52.4 Å². The highest BCUT2D eigenvalue weighted by molar-refractivity contribution is 7.57. The Morgan fingerprint density at radius 1 is 0.688 bits per heavy atom. The second-order valence-electron chi connectivity index (χ2n) is 4.64. The van der Waals surface area contributed by atoms with Gasteiger partial charge in [0, 0.05) is 0 Å². The molecule has 16 heavy (non-hydrogen) atoms. The molecular weight excluding hydrogens is 213 g/mol. The smallest absolute Gasteiger partial charge is 0.00773 e. The summed E-state index contributed by atoms with van der Waals surface area (Å²) in [7, 11) is 0.397. The van der Waals surface area contributed by atoms with Crippen molar-refractivity contribution in [2.24, 2.45) is 5.73 Å². The zero-order valence-corrected chi connectivity index (χ0v) is 12.4. The van der Waals surface area contributed by atoms with Gasteiger partial charge in [-0.3, -0.25) is 0 Å². The average molecular weight is 245 g/mol. The third kappa shape index (κ3) is 10.9. The summed E-state index contributed by atoms with van der Waals surface area (Å²) in [6, 6.07) is 0. The third-order valence-corrected chi connectivity index (χ3v) is 6.06. The van der Waals surface area contributed by atoms with Crippen LogP contribution in [0.5, 0.6) is 0 Å². The Morgan fingerprint density at radius 3 is 1.56 bits per heavy atom. The average Bonchev–Trinajstić information content (AvgIpc) is 2.32. The van der Waals surface area contributed by atoms with Crippen molar-refractivity contribution < 1.29 is 0 Å². The van der Waals surface area contributed by atoms with E-state index in [0.717, 1.165) is 6.54 Å². The van der Waals surface area contributed by atoms with Crippen LogP contribution in [0.15, 0.2) is 0 Å². The lowest BCUT2D eigenvalue weighted by molar-refractivity contribution is 0.579. The van der Waals surface area contributed by atoms with Crippen LogP contribution >= 0.6 is 7.92 Å². The first-order valence-corrected chi connectivity index (χ1v) is 9.17. The Kier molecular flexibility index (Phi) is 13.8. The summed E-state index contributed by atoms with van der Waals surface area (Å²) in [5.74, 6) is 0. The van der Waals surface area contributed by atoms with Crippen molar-refractivity contribution in [1.29, 1.82) is 0 Å². The van der Waals surface area contributed by atoms with E-state index in [1.807, 2.05) is 0 Å². The fraction of sp³-hybridized carbons (Fsp3) is 1.00. The van der Waals surface area contributed by atoms with Gasteiger partial charge in [-0.2, -0.15) is 0 Å². The number of unbranched alkanes of at least 4 members (excludes halogenated alkanes) is 7. The minimum absolute atomic E-state index is 0.397. The van der Waals surface area contributed by atoms with Gasteiger partial charge in [0.05, 0.1) is 0 Å². The molecule has 98 valence electrons. The molecule has 0 aliphatic carbocycles. The molecule has 0 aromatic rings. The molecule has 0 aromatic carbocycles. The first-order valence-electron chi connectivity index (χ1n) is 7.27. The molecule has 1 nitrogen and oxygen atoms in total. The molecule has 0 spiro atoms. The van der Waals surface area contributed by atoms with Crippen molar-refractivity contribution in [1.82, 2.24) is 0 Å². The fourth-order valence-corrected chi connectivity index (χ4v) is 3.83. The monoisotopic (exact) mass is 245 g/mol. The van der Waals surface area contributed by atoms with Gasteiger partial charge in [-0.15, -0.1) is 7.92 Å². The van der Waals surface area contributed by atoms with Crippen molar-refractivity contribution in [3.63, 3.8) is 0 Å². The molecule has 0 unspecified atom stereocenters. The van der Waals surface area contributed by atoms with Crippen molar-refractivity contribution >= 4 is 7.92 Å². The van der Waals surface area contributed by atoms with Crippen molar-refractivity contribution in [2.75, 3.05) is 25.0 Å². The second kappa shape index (κ2) is 13.5. The first-order chi connectivity index (χ1) is 7.85. The molecule has 0 aliphatic heterocycles. The van der Waals surface area contributed by atoms with E-state index in [4.69, 9.17) is 5.73 Å². The molecule has 0 radical (unpaired) electrons. The van der Waals surface area contributed by atoms with E-state index in [0.29, 0.717) is 7.92 Å². The summed E-state index contributed by atoms with van der Waals surface area (Å²) in [4.78, 5) is 0. The maximum absolute atomic E-state index is 5.47. The van der Waals surface area contributed by atoms with Gasteiger partial charge in [0.1, 0.15) is 0 Å². The molecule has 2 N–H and O–H groups in total. The molecule has 0 aromatic heterocycles. The van der Waals surface area contributed by atoms with E-state index < -0.39 is 0 Å². The largest absolute Gasteiger partial charge is 0.330 e. The summed E-state index contributed by atoms with van der Waals surface area (Å²) >= 11 is 0. The Bertz CT molecular complexity index is 124. The topological polar surface area (TPSA) is 26.0 Å². The minimum atomic E-state index is 0.397. The Balaban J connectivity index is 3.03. The Morgan fingerprint density at radius 2 is 1.12 bits per heavy atom. The molecule has 0 bridgehead atoms. The van der Waals surface area contributed by atoms with Crippen LogP contribution in [0.3, 0.4) is 0 Å². The maximum atomic E-state index is 5.47. The van der Waals surface area contributed by atoms with E-state index in [1.165, 1.54) is 69.9 Å². The number of nitrogens with two attached hydrogens (primary N) is 1. The molecule has 0 aliphatic rings. The van der Waals surface area contributed by atoms with Gasteiger partial charge in [-0.25, -0.2) is 0 Å². The normalized spacial score (nSPS) is 11.2. The van der Waals surface area contributed by atoms with Crippen molar-refractivity contribution in [2.45, 2.75) is 65.2 Å². The van der Waals surface area contributed by atoms with Crippen LogP contribution in [0.25, 0.3) is 0 Å². The van der Waals surface area contributed by atoms with Crippen LogP contribution < -0.4 is 5.73 Å². The van der Waals surface area contributed by atoms with E-state index in [1.54, 1.807) is 0 Å². The quantitative estimate of drug-likeness (QED) is 0.395. The molecule has 0 atom stereocenters. The van der Waals surface area contributed by atoms with Gasteiger partial charge >= 0.3 is 0 Å². The van der Waals surface area contributed by atoms with E-state index >= 15 is 0 Å². The van der Waals surface area contributed by atoms with E-state index in [-0.39, 0.29) is 0 Å². The van der Waals surface area contributed by atoms with Crippen LogP contribution in [0.2, 0.25) is 0 Å². The third-order valence-electron chi connectivity index (χ3n) is 3.32. The highest BCUT2D eigenvalue weighted by Crippen LogP contribution is 2.35. The zero-order valence-electron chi connectivity index (χ0n) is 11.5. The predicted octanol–water partition coefficient (Wildman–Crippen LogP) is 4.59. The van der Waals surface area contributed by atoms with Crippen LogP contribution in [0, 0.1) is 0 Å². The Labute approximate surface area is 104 Å². The van der Waals surface area contributed by atoms with Crippen molar-refractivity contribution in [3.8, 4) is 0 Å². The molecule has 0 saturated carbocycles. The van der Waals surface area contributed by atoms with E-state index in [2.05, 4.69) is 13.8 Å². The summed E-state index contributed by atoms with van der Waals surface area (Å²) in [5, 5.41) is 0. The van der Waals surface area contributed by atoms with Crippen LogP contribution in [-0.2, 0) is 0 Å². The predicted molar refractivity (Wildman–Crippen MR) is 78.9 cm³/mol. The number of hydrogen-bond donors (Lipinski definition) is 1. The van der Waals surface area contributed by atoms with E-state index in [9.17, 15) is 0 Å². The van der Waals surface area contributed by atoms with Gasteiger partial charge in [-0.05, 0) is 37.9 Å². The van der Waals surface area contributed by atoms with Gasteiger partial charge in [0.15, 0.2) is 0 Å². The number of hydrogen-bond acceptors (Lipinski definition) is 1. The molecule has 0 saturated heterocycles. The lowest BCUT2D eigenvalue weighted by Gasteiger charge is -2.12. The molecular formula is C14H32NP. The van der Waals surface area contributed by atoms with Crippen LogP contribution in [0.1, 0.15) is 65.2 Å². The summed E-state index contributed by atoms with van der Waals surface area (Å²) in [6.45, 7) is 5.58. The SMILES string of the molecule is CCP(CC)CCCCCCCCCCN. The zero-order chi connectivity index (χ0) is 12.1. The summed E-state index contributed by atoms with van der Waals surface area (Å²) < 4.78 is 0. The van der Waals surface area contributed by atoms with Gasteiger partial charge in [0.2, 0.25) is 0 Å². The first kappa shape index (κ1) is 16.4. The molecule has 2 heteroatoms. The standard InChI is InChI=1S/C14H32NP/c1-3-16(4-2)14-12-10-8-6-5-7-9-11-13-15/h3-15H2,1-2H3. The van der Waals surface area contributed by atoms with Crippen LogP contribution in [0.4, 0.5) is 0 Å². The minimum Gasteiger partial charge on any atom is -0.330 e. The summed E-state index contributed by atoms with van der Waals surface area (Å²) in [6.07, 6.45) is 15.6. The second-order valence-corrected chi connectivity index (χ2v) is 7.70. The molecule has 0 heterocycles. The highest BCUT2D eigenvalue weighted by Gasteiger charge is 2.01. The van der Waals surface area contributed by atoms with Crippen molar-refractivity contribution in [3.05, 3.63) is 0 Å². The van der Waals surface area contributed by atoms with Crippen LogP contribution in [-0.4, -0.2) is 25.0 Å². The lowest BCUT2D eigenvalue weighted by atomic mass is 10.1. The molecule has 0 fully saturated rings. The molecule has 0 rings (SSSR count). The Hall–Kier alpha value is 0.390. The highest BCUT2D eigenvalue weighted by atomic mass is 31.1. The van der Waals surface area contributed by atoms with Gasteiger partial charge < -0.3 is 5.73 Å². The number of rotatable bonds is 12. The van der Waals surface area contributed by atoms with Gasteiger partial charge in [0.25, 0.3) is 0 Å². The lowest BCUT2D eigenvalue weighted by Crippen LogP contribution is -1.97. The fourth-order valence-electron chi connectivity index (χ4n) is 2.08.